The number of fused-ring (bicyclic) bond motifs is 1. The average molecular weight is 366 g/mol. The summed E-state index contributed by atoms with van der Waals surface area (Å²) in [5.41, 5.74) is 1.98. The Labute approximate surface area is 140 Å². The molecule has 0 fully saturated rings. The molecule has 8 heteroatoms. The molecule has 2 aromatic rings. The van der Waals surface area contributed by atoms with Crippen LogP contribution in [0.4, 0.5) is 0 Å². The van der Waals surface area contributed by atoms with Gasteiger partial charge in [-0.3, -0.25) is 4.55 Å². The predicted octanol–water partition coefficient (Wildman–Crippen LogP) is 3.23. The van der Waals surface area contributed by atoms with Gasteiger partial charge in [0.25, 0.3) is 15.9 Å². The fraction of sp³-hybridized carbons (Fsp3) is 0.500. The lowest BCUT2D eigenvalue weighted by Crippen LogP contribution is -2.36. The number of aryl methyl sites for hydroxylation is 2. The lowest BCUT2D eigenvalue weighted by Gasteiger charge is -2.01. The second-order valence-corrected chi connectivity index (χ2v) is 7.58. The van der Waals surface area contributed by atoms with Gasteiger partial charge in [-0.15, -0.1) is 0 Å². The van der Waals surface area contributed by atoms with Crippen LogP contribution in [0.15, 0.2) is 12.1 Å². The number of benzene rings is 1. The van der Waals surface area contributed by atoms with Gasteiger partial charge in [-0.05, 0) is 19.8 Å². The molecule has 0 aliphatic carbocycles. The van der Waals surface area contributed by atoms with Crippen molar-refractivity contribution in [2.45, 2.75) is 39.8 Å². The van der Waals surface area contributed by atoms with Gasteiger partial charge < -0.3 is 0 Å². The van der Waals surface area contributed by atoms with E-state index in [2.05, 4.69) is 16.1 Å². The summed E-state index contributed by atoms with van der Waals surface area (Å²) in [6, 6.07) is 3.69. The summed E-state index contributed by atoms with van der Waals surface area (Å²) in [7, 11) is -3.90. The van der Waals surface area contributed by atoms with Crippen molar-refractivity contribution in [2.75, 3.05) is 5.75 Å². The zero-order valence-electron chi connectivity index (χ0n) is 12.5. The third-order valence-corrected chi connectivity index (χ3v) is 5.26. The highest BCUT2D eigenvalue weighted by Gasteiger charge is 2.22. The Hall–Kier alpha value is -0.820. The van der Waals surface area contributed by atoms with Crippen LogP contribution in [-0.4, -0.2) is 23.3 Å². The second-order valence-electron chi connectivity index (χ2n) is 5.19. The van der Waals surface area contributed by atoms with E-state index in [1.807, 2.05) is 19.1 Å². The highest BCUT2D eigenvalue weighted by Crippen LogP contribution is 2.27. The molecular formula is C14H19Cl2N2O3S+. The number of aromatic nitrogens is 2. The smallest absolute Gasteiger partial charge is 0.264 e. The summed E-state index contributed by atoms with van der Waals surface area (Å²) in [6.45, 7) is 5.52. The fourth-order valence-electron chi connectivity index (χ4n) is 2.69. The van der Waals surface area contributed by atoms with Crippen LogP contribution in [0, 0.1) is 6.92 Å². The molecule has 0 radical (unpaired) electrons. The average Bonchev–Trinajstić information content (AvgIpc) is 2.66. The van der Waals surface area contributed by atoms with Gasteiger partial charge >= 0.3 is 0 Å². The van der Waals surface area contributed by atoms with Gasteiger partial charge in [0, 0.05) is 19.1 Å². The van der Waals surface area contributed by atoms with Crippen molar-refractivity contribution in [1.29, 1.82) is 0 Å². The van der Waals surface area contributed by atoms with E-state index in [-0.39, 0.29) is 5.75 Å². The minimum atomic E-state index is -3.90. The zero-order chi connectivity index (χ0) is 16.5. The minimum absolute atomic E-state index is 0.217. The standard InChI is InChI=1S/C14H18Cl2N2O3S/c1-3-17-10(2)18(6-4-5-7-22(19,20)21)14-9-12(16)11(15)8-13(14)17/h8-9H,3-7H2,1-2H3/p+1. The van der Waals surface area contributed by atoms with E-state index in [0.717, 1.165) is 23.4 Å². The van der Waals surface area contributed by atoms with Crippen LogP contribution < -0.4 is 4.57 Å². The Morgan fingerprint density at radius 1 is 1.23 bits per heavy atom. The topological polar surface area (TPSA) is 63.2 Å². The summed E-state index contributed by atoms with van der Waals surface area (Å²) in [6.07, 6.45) is 1.06. The molecule has 0 amide bonds. The Kier molecular flexibility index (Phi) is 5.37. The number of imidazole rings is 1. The molecule has 0 unspecified atom stereocenters. The Bertz CT molecular complexity index is 800. The van der Waals surface area contributed by atoms with E-state index >= 15 is 0 Å². The minimum Gasteiger partial charge on any atom is -0.286 e. The van der Waals surface area contributed by atoms with Crippen molar-refractivity contribution >= 4 is 44.4 Å². The molecule has 0 saturated carbocycles. The predicted molar refractivity (Wildman–Crippen MR) is 88.2 cm³/mol. The molecule has 0 atom stereocenters. The maximum atomic E-state index is 10.8. The van der Waals surface area contributed by atoms with Crippen LogP contribution in [0.1, 0.15) is 25.6 Å². The molecule has 5 nitrogen and oxygen atoms in total. The third-order valence-electron chi connectivity index (χ3n) is 3.73. The van der Waals surface area contributed by atoms with Crippen LogP contribution in [-0.2, 0) is 23.2 Å². The zero-order valence-corrected chi connectivity index (χ0v) is 14.8. The molecule has 0 aliphatic heterocycles. The maximum Gasteiger partial charge on any atom is 0.264 e. The molecule has 0 saturated heterocycles. The van der Waals surface area contributed by atoms with Gasteiger partial charge in [-0.1, -0.05) is 23.2 Å². The van der Waals surface area contributed by atoms with E-state index in [4.69, 9.17) is 27.8 Å². The highest BCUT2D eigenvalue weighted by atomic mass is 35.5. The summed E-state index contributed by atoms with van der Waals surface area (Å²) in [5, 5.41) is 1.01. The largest absolute Gasteiger partial charge is 0.286 e. The monoisotopic (exact) mass is 365 g/mol. The van der Waals surface area contributed by atoms with E-state index in [0.29, 0.717) is 29.4 Å². The number of nitrogens with zero attached hydrogens (tertiary/aromatic N) is 2. The molecule has 2 rings (SSSR count). The summed E-state index contributed by atoms with van der Waals surface area (Å²) >= 11 is 12.2. The summed E-state index contributed by atoms with van der Waals surface area (Å²) in [4.78, 5) is 0. The number of hydrogen-bond acceptors (Lipinski definition) is 2. The summed E-state index contributed by atoms with van der Waals surface area (Å²) in [5.74, 6) is 0.841. The molecule has 122 valence electrons. The third kappa shape index (κ3) is 3.74. The van der Waals surface area contributed by atoms with Gasteiger partial charge in [0.15, 0.2) is 11.0 Å². The van der Waals surface area contributed by atoms with Crippen molar-refractivity contribution in [3.63, 3.8) is 0 Å². The Morgan fingerprint density at radius 3 is 2.45 bits per heavy atom. The van der Waals surface area contributed by atoms with E-state index < -0.39 is 10.1 Å². The van der Waals surface area contributed by atoms with Crippen LogP contribution in [0.3, 0.4) is 0 Å². The highest BCUT2D eigenvalue weighted by molar-refractivity contribution is 7.85. The first-order valence-electron chi connectivity index (χ1n) is 7.07. The molecular weight excluding hydrogens is 347 g/mol. The van der Waals surface area contributed by atoms with Crippen molar-refractivity contribution in [1.82, 2.24) is 4.57 Å². The Balaban J connectivity index is 2.32. The van der Waals surface area contributed by atoms with Crippen LogP contribution in [0.5, 0.6) is 0 Å². The normalized spacial score (nSPS) is 12.2. The van der Waals surface area contributed by atoms with Gasteiger partial charge in [-0.2, -0.15) is 8.42 Å². The van der Waals surface area contributed by atoms with Crippen molar-refractivity contribution in [3.8, 4) is 0 Å². The molecule has 1 aromatic carbocycles. The fourth-order valence-corrected chi connectivity index (χ4v) is 3.57. The van der Waals surface area contributed by atoms with Crippen molar-refractivity contribution in [3.05, 3.63) is 28.0 Å². The van der Waals surface area contributed by atoms with Gasteiger partial charge in [0.05, 0.1) is 28.9 Å². The Morgan fingerprint density at radius 2 is 1.86 bits per heavy atom. The lowest BCUT2D eigenvalue weighted by atomic mass is 10.3. The number of halogens is 2. The van der Waals surface area contributed by atoms with Crippen LogP contribution in [0.25, 0.3) is 11.0 Å². The van der Waals surface area contributed by atoms with E-state index in [1.165, 1.54) is 0 Å². The first-order valence-corrected chi connectivity index (χ1v) is 9.44. The SMILES string of the molecule is CCn1c(C)[n+](CCCCS(=O)(=O)O)c2cc(Cl)c(Cl)cc21. The molecule has 1 N–H and O–H groups in total. The van der Waals surface area contributed by atoms with E-state index in [9.17, 15) is 8.42 Å². The van der Waals surface area contributed by atoms with Crippen LogP contribution in [0.2, 0.25) is 10.0 Å². The first kappa shape index (κ1) is 17.5. The maximum absolute atomic E-state index is 10.8. The molecule has 1 aromatic heterocycles. The quantitative estimate of drug-likeness (QED) is 0.485. The molecule has 22 heavy (non-hydrogen) atoms. The molecule has 1 heterocycles. The summed E-state index contributed by atoms with van der Waals surface area (Å²) < 4.78 is 34.6. The van der Waals surface area contributed by atoms with Crippen molar-refractivity contribution in [2.24, 2.45) is 0 Å². The number of rotatable bonds is 6. The van der Waals surface area contributed by atoms with Crippen molar-refractivity contribution < 1.29 is 17.5 Å². The van der Waals surface area contributed by atoms with Crippen LogP contribution >= 0.6 is 23.2 Å². The number of hydrogen-bond donors (Lipinski definition) is 1. The number of unbranched alkanes of at least 4 members (excludes halogenated alkanes) is 1. The van der Waals surface area contributed by atoms with E-state index in [1.54, 1.807) is 0 Å². The van der Waals surface area contributed by atoms with Gasteiger partial charge in [-0.25, -0.2) is 9.13 Å². The van der Waals surface area contributed by atoms with Gasteiger partial charge in [0.1, 0.15) is 0 Å². The molecule has 0 spiro atoms. The molecule has 0 aliphatic rings. The lowest BCUT2D eigenvalue weighted by molar-refractivity contribution is -0.678. The second kappa shape index (κ2) is 6.74. The van der Waals surface area contributed by atoms with Gasteiger partial charge in [0.2, 0.25) is 0 Å². The molecule has 0 bridgehead atoms. The first-order chi connectivity index (χ1) is 10.2.